The molecular weight excluding hydrogens is 330 g/mol. The molecule has 132 valence electrons. The van der Waals surface area contributed by atoms with Crippen LogP contribution in [-0.2, 0) is 4.74 Å². The van der Waals surface area contributed by atoms with Crippen molar-refractivity contribution < 1.29 is 9.47 Å². The van der Waals surface area contributed by atoms with Crippen molar-refractivity contribution in [3.63, 3.8) is 0 Å². The molecule has 0 bridgehead atoms. The minimum absolute atomic E-state index is 0.206. The van der Waals surface area contributed by atoms with Gasteiger partial charge in [0, 0.05) is 23.2 Å². The Morgan fingerprint density at radius 2 is 1.84 bits per heavy atom. The van der Waals surface area contributed by atoms with Crippen LogP contribution in [0.25, 0.3) is 23.3 Å². The Morgan fingerprint density at radius 3 is 2.52 bits per heavy atom. The van der Waals surface area contributed by atoms with E-state index in [1.165, 1.54) is 25.9 Å². The van der Waals surface area contributed by atoms with E-state index in [0.717, 1.165) is 38.5 Å². The van der Waals surface area contributed by atoms with Crippen molar-refractivity contribution in [1.29, 1.82) is 0 Å². The monoisotopic (exact) mass is 355 g/mol. The van der Waals surface area contributed by atoms with Gasteiger partial charge < -0.3 is 14.4 Å². The summed E-state index contributed by atoms with van der Waals surface area (Å²) in [5, 5.41) is 2.77. The van der Waals surface area contributed by atoms with Crippen molar-refractivity contribution in [2.75, 3.05) is 38.3 Å². The standard InChI is InChI=1S/C21H25NO2S/c1-21(2)9-8-18-17(14-21)19(15-4-6-16(23-3)7-5-15)20(25-18)22-10-12-24-13-11-22/h4-8,14H,9-13H2,1-3H3. The predicted molar refractivity (Wildman–Crippen MR) is 106 cm³/mol. The third-order valence-electron chi connectivity index (χ3n) is 4.98. The quantitative estimate of drug-likeness (QED) is 0.844. The molecule has 1 aromatic carbocycles. The van der Waals surface area contributed by atoms with Gasteiger partial charge >= 0.3 is 0 Å². The van der Waals surface area contributed by atoms with Crippen LogP contribution in [-0.4, -0.2) is 33.4 Å². The SMILES string of the molecule is COc1ccc(-c2c(N3CCOCC3)sc3c2=CC(C)(C)CC=3)cc1. The molecule has 4 rings (SSSR count). The molecular formula is C21H25NO2S. The van der Waals surface area contributed by atoms with Crippen LogP contribution in [0.3, 0.4) is 0 Å². The van der Waals surface area contributed by atoms with Crippen LogP contribution in [0.15, 0.2) is 24.3 Å². The van der Waals surface area contributed by atoms with Crippen molar-refractivity contribution in [3.05, 3.63) is 34.0 Å². The molecule has 1 saturated heterocycles. The summed E-state index contributed by atoms with van der Waals surface area (Å²) < 4.78 is 12.3. The third-order valence-corrected chi connectivity index (χ3v) is 6.24. The van der Waals surface area contributed by atoms with E-state index in [1.807, 2.05) is 11.3 Å². The van der Waals surface area contributed by atoms with Crippen molar-refractivity contribution in [3.8, 4) is 16.9 Å². The molecule has 0 radical (unpaired) electrons. The molecule has 2 aliphatic rings. The lowest BCUT2D eigenvalue weighted by Crippen LogP contribution is -2.36. The zero-order valence-corrected chi connectivity index (χ0v) is 16.0. The van der Waals surface area contributed by atoms with Crippen LogP contribution in [0.1, 0.15) is 20.3 Å². The fraction of sp³-hybridized carbons (Fsp3) is 0.429. The number of anilines is 1. The molecule has 2 aromatic rings. The summed E-state index contributed by atoms with van der Waals surface area (Å²) in [7, 11) is 1.71. The largest absolute Gasteiger partial charge is 0.497 e. The molecule has 0 spiro atoms. The summed E-state index contributed by atoms with van der Waals surface area (Å²) in [5.41, 5.74) is 2.84. The highest BCUT2D eigenvalue weighted by Gasteiger charge is 2.24. The zero-order chi connectivity index (χ0) is 17.4. The Labute approximate surface area is 153 Å². The topological polar surface area (TPSA) is 21.7 Å². The van der Waals surface area contributed by atoms with Crippen LogP contribution in [0, 0.1) is 5.41 Å². The van der Waals surface area contributed by atoms with Gasteiger partial charge in [-0.3, -0.25) is 0 Å². The maximum absolute atomic E-state index is 5.56. The van der Waals surface area contributed by atoms with Crippen LogP contribution in [0.4, 0.5) is 5.00 Å². The van der Waals surface area contributed by atoms with E-state index in [9.17, 15) is 0 Å². The lowest BCUT2D eigenvalue weighted by molar-refractivity contribution is 0.123. The van der Waals surface area contributed by atoms with Crippen molar-refractivity contribution in [2.24, 2.45) is 5.41 Å². The second kappa shape index (κ2) is 6.50. The highest BCUT2D eigenvalue weighted by atomic mass is 32.1. The third kappa shape index (κ3) is 3.21. The number of hydrogen-bond acceptors (Lipinski definition) is 4. The minimum Gasteiger partial charge on any atom is -0.497 e. The highest BCUT2D eigenvalue weighted by Crippen LogP contribution is 2.35. The molecule has 3 nitrogen and oxygen atoms in total. The van der Waals surface area contributed by atoms with E-state index in [1.54, 1.807) is 7.11 Å². The molecule has 0 unspecified atom stereocenters. The summed E-state index contributed by atoms with van der Waals surface area (Å²) >= 11 is 1.93. The number of hydrogen-bond donors (Lipinski definition) is 0. The first-order chi connectivity index (χ1) is 12.1. The molecule has 4 heteroatoms. The lowest BCUT2D eigenvalue weighted by Gasteiger charge is -2.28. The first-order valence-electron chi connectivity index (χ1n) is 8.90. The Morgan fingerprint density at radius 1 is 1.12 bits per heavy atom. The molecule has 1 fully saturated rings. The summed E-state index contributed by atoms with van der Waals surface area (Å²) in [6.07, 6.45) is 5.98. The zero-order valence-electron chi connectivity index (χ0n) is 15.2. The van der Waals surface area contributed by atoms with Gasteiger partial charge in [0.05, 0.1) is 20.3 Å². The normalized spacial score (nSPS) is 18.9. The molecule has 0 saturated carbocycles. The van der Waals surface area contributed by atoms with E-state index in [-0.39, 0.29) is 5.41 Å². The van der Waals surface area contributed by atoms with E-state index in [0.29, 0.717) is 0 Å². The van der Waals surface area contributed by atoms with Gasteiger partial charge in [-0.25, -0.2) is 0 Å². The second-order valence-electron chi connectivity index (χ2n) is 7.43. The average molecular weight is 356 g/mol. The number of benzene rings is 1. The smallest absolute Gasteiger partial charge is 0.118 e. The Kier molecular flexibility index (Phi) is 4.34. The fourth-order valence-corrected chi connectivity index (χ4v) is 4.86. The van der Waals surface area contributed by atoms with Gasteiger partial charge in [0.15, 0.2) is 0 Å². The summed E-state index contributed by atoms with van der Waals surface area (Å²) in [4.78, 5) is 2.49. The van der Waals surface area contributed by atoms with E-state index in [4.69, 9.17) is 9.47 Å². The molecule has 1 aliphatic carbocycles. The van der Waals surface area contributed by atoms with Crippen LogP contribution in [0.5, 0.6) is 5.75 Å². The average Bonchev–Trinajstić information content (AvgIpc) is 3.00. The number of nitrogens with zero attached hydrogens (tertiary/aromatic N) is 1. The van der Waals surface area contributed by atoms with Crippen molar-refractivity contribution in [2.45, 2.75) is 20.3 Å². The van der Waals surface area contributed by atoms with Gasteiger partial charge in [0.25, 0.3) is 0 Å². The van der Waals surface area contributed by atoms with Gasteiger partial charge in [-0.2, -0.15) is 0 Å². The number of fused-ring (bicyclic) bond motifs is 1. The summed E-state index contributed by atoms with van der Waals surface area (Å²) in [6.45, 7) is 8.18. The fourth-order valence-electron chi connectivity index (χ4n) is 3.57. The first kappa shape index (κ1) is 16.7. The van der Waals surface area contributed by atoms with Crippen molar-refractivity contribution >= 4 is 28.5 Å². The maximum Gasteiger partial charge on any atom is 0.118 e. The number of methoxy groups -OCH3 is 1. The van der Waals surface area contributed by atoms with Crippen LogP contribution in [0.2, 0.25) is 0 Å². The van der Waals surface area contributed by atoms with E-state index >= 15 is 0 Å². The molecule has 0 atom stereocenters. The lowest BCUT2D eigenvalue weighted by atomic mass is 9.85. The van der Waals surface area contributed by atoms with Crippen LogP contribution >= 0.6 is 11.3 Å². The molecule has 1 aromatic heterocycles. The Balaban J connectivity index is 1.91. The molecule has 2 heterocycles. The number of rotatable bonds is 3. The molecule has 0 N–H and O–H groups in total. The Hall–Kier alpha value is -1.78. The van der Waals surface area contributed by atoms with Gasteiger partial charge in [-0.15, -0.1) is 11.3 Å². The molecule has 25 heavy (non-hydrogen) atoms. The Bertz CT molecular complexity index is 874. The first-order valence-corrected chi connectivity index (χ1v) is 9.72. The van der Waals surface area contributed by atoms with Crippen molar-refractivity contribution in [1.82, 2.24) is 0 Å². The highest BCUT2D eigenvalue weighted by molar-refractivity contribution is 7.14. The number of morpholine rings is 1. The second-order valence-corrected chi connectivity index (χ2v) is 8.46. The predicted octanol–water partition coefficient (Wildman–Crippen LogP) is 3.25. The summed E-state index contributed by atoms with van der Waals surface area (Å²) in [6, 6.07) is 8.47. The van der Waals surface area contributed by atoms with Gasteiger partial charge in [-0.1, -0.05) is 38.1 Å². The van der Waals surface area contributed by atoms with Gasteiger partial charge in [-0.05, 0) is 34.8 Å². The maximum atomic E-state index is 5.56. The number of ether oxygens (including phenoxy) is 2. The molecule has 0 amide bonds. The van der Waals surface area contributed by atoms with E-state index < -0.39 is 0 Å². The summed E-state index contributed by atoms with van der Waals surface area (Å²) in [5.74, 6) is 0.900. The minimum atomic E-state index is 0.206. The number of thiophene rings is 1. The van der Waals surface area contributed by atoms with Gasteiger partial charge in [0.2, 0.25) is 0 Å². The van der Waals surface area contributed by atoms with E-state index in [2.05, 4.69) is 55.2 Å². The van der Waals surface area contributed by atoms with Gasteiger partial charge in [0.1, 0.15) is 10.8 Å². The van der Waals surface area contributed by atoms with Crippen LogP contribution < -0.4 is 19.4 Å². The molecule has 1 aliphatic heterocycles.